The molecule has 1 rings (SSSR count). The van der Waals surface area contributed by atoms with Crippen LogP contribution in [0, 0.1) is 0 Å². The lowest BCUT2D eigenvalue weighted by Gasteiger charge is -2.30. The number of carbonyl (C=O) groups excluding carboxylic acids is 1. The number of rotatable bonds is 5. The van der Waals surface area contributed by atoms with Crippen molar-refractivity contribution in [3.63, 3.8) is 0 Å². The fraction of sp³-hybridized carbons (Fsp3) is 0.800. The molecule has 116 valence electrons. The molecule has 0 aromatic rings. The van der Waals surface area contributed by atoms with Gasteiger partial charge in [0.05, 0.1) is 0 Å². The Balaban J connectivity index is 2.48. The number of hydrogen-bond donors (Lipinski definition) is 1. The van der Waals surface area contributed by atoms with E-state index < -0.39 is 5.60 Å². The average molecular weight is 347 g/mol. The minimum Gasteiger partial charge on any atom is -0.444 e. The van der Waals surface area contributed by atoms with Crippen LogP contribution in [-0.2, 0) is 4.74 Å². The molecule has 1 aliphatic rings. The van der Waals surface area contributed by atoms with Crippen LogP contribution in [0.1, 0.15) is 47.0 Å². The summed E-state index contributed by atoms with van der Waals surface area (Å²) < 4.78 is 6.42. The van der Waals surface area contributed by atoms with Crippen molar-refractivity contribution in [2.75, 3.05) is 13.1 Å². The topological polar surface area (TPSA) is 41.6 Å². The molecule has 1 aliphatic heterocycles. The van der Waals surface area contributed by atoms with Gasteiger partial charge in [-0.25, -0.2) is 4.79 Å². The molecule has 1 saturated heterocycles. The highest BCUT2D eigenvalue weighted by atomic mass is 79.9. The predicted octanol–water partition coefficient (Wildman–Crippen LogP) is 3.66. The zero-order valence-corrected chi connectivity index (χ0v) is 14.6. The first-order valence-corrected chi connectivity index (χ1v) is 8.04. The Hall–Kier alpha value is -0.550. The van der Waals surface area contributed by atoms with Crippen LogP contribution >= 0.6 is 15.9 Å². The molecular weight excluding hydrogens is 320 g/mol. The number of nitrogens with zero attached hydrogens (tertiary/aromatic N) is 1. The van der Waals surface area contributed by atoms with Crippen LogP contribution in [0.15, 0.2) is 11.1 Å². The monoisotopic (exact) mass is 346 g/mol. The fourth-order valence-corrected chi connectivity index (χ4v) is 2.58. The molecule has 4 nitrogen and oxygen atoms in total. The van der Waals surface area contributed by atoms with Gasteiger partial charge in [-0.1, -0.05) is 22.5 Å². The van der Waals surface area contributed by atoms with E-state index in [-0.39, 0.29) is 12.1 Å². The Morgan fingerprint density at radius 3 is 2.75 bits per heavy atom. The summed E-state index contributed by atoms with van der Waals surface area (Å²) in [6.45, 7) is 13.2. The van der Waals surface area contributed by atoms with Crippen LogP contribution in [0.4, 0.5) is 4.79 Å². The third-order valence-corrected chi connectivity index (χ3v) is 3.55. The molecule has 5 heteroatoms. The number of carbonyl (C=O) groups is 1. The highest BCUT2D eigenvalue weighted by Crippen LogP contribution is 2.24. The summed E-state index contributed by atoms with van der Waals surface area (Å²) >= 11 is 3.34. The Morgan fingerprint density at radius 1 is 1.55 bits per heavy atom. The van der Waals surface area contributed by atoms with E-state index in [1.54, 1.807) is 0 Å². The Morgan fingerprint density at radius 2 is 2.20 bits per heavy atom. The number of halogens is 1. The van der Waals surface area contributed by atoms with E-state index in [4.69, 9.17) is 4.74 Å². The van der Waals surface area contributed by atoms with Gasteiger partial charge in [0.25, 0.3) is 0 Å². The van der Waals surface area contributed by atoms with Gasteiger partial charge in [0.1, 0.15) is 5.60 Å². The quantitative estimate of drug-likeness (QED) is 0.825. The van der Waals surface area contributed by atoms with Gasteiger partial charge >= 0.3 is 6.09 Å². The standard InChI is InChI=1S/C15H27BrN2O2/c1-11(16)10-17-12(2)9-13-7-6-8-18(13)14(19)20-15(3,4)5/h12-13,17H,1,6-10H2,2-5H3. The number of ether oxygens (including phenoxy) is 1. The molecule has 0 bridgehead atoms. The molecule has 0 saturated carbocycles. The summed E-state index contributed by atoms with van der Waals surface area (Å²) in [5.74, 6) is 0. The van der Waals surface area contributed by atoms with Gasteiger partial charge in [0.15, 0.2) is 0 Å². The molecule has 0 aromatic heterocycles. The molecule has 1 N–H and O–H groups in total. The second-order valence-corrected chi connectivity index (χ2v) is 7.63. The van der Waals surface area contributed by atoms with E-state index >= 15 is 0 Å². The second kappa shape index (κ2) is 7.46. The Kier molecular flexibility index (Phi) is 6.52. The molecule has 1 heterocycles. The Bertz CT molecular complexity index is 352. The number of nitrogens with one attached hydrogen (secondary N) is 1. The zero-order valence-electron chi connectivity index (χ0n) is 13.0. The van der Waals surface area contributed by atoms with E-state index in [0.29, 0.717) is 6.04 Å². The fourth-order valence-electron chi connectivity index (χ4n) is 2.42. The van der Waals surface area contributed by atoms with Gasteiger partial charge in [-0.05, 0) is 47.0 Å². The number of likely N-dealkylation sites (tertiary alicyclic amines) is 1. The predicted molar refractivity (Wildman–Crippen MR) is 86.1 cm³/mol. The molecule has 0 aromatic carbocycles. The van der Waals surface area contributed by atoms with Gasteiger partial charge in [-0.15, -0.1) is 0 Å². The minimum absolute atomic E-state index is 0.183. The number of amides is 1. The first kappa shape index (κ1) is 17.5. The van der Waals surface area contributed by atoms with Gasteiger partial charge < -0.3 is 15.0 Å². The van der Waals surface area contributed by atoms with E-state index in [9.17, 15) is 4.79 Å². The molecule has 2 atom stereocenters. The maximum atomic E-state index is 12.2. The zero-order chi connectivity index (χ0) is 15.3. The van der Waals surface area contributed by atoms with E-state index in [1.165, 1.54) is 0 Å². The van der Waals surface area contributed by atoms with Crippen LogP contribution in [0.3, 0.4) is 0 Å². The average Bonchev–Trinajstić information content (AvgIpc) is 2.72. The molecular formula is C15H27BrN2O2. The van der Waals surface area contributed by atoms with Crippen molar-refractivity contribution in [3.05, 3.63) is 11.1 Å². The molecule has 0 radical (unpaired) electrons. The van der Waals surface area contributed by atoms with Crippen molar-refractivity contribution in [1.29, 1.82) is 0 Å². The molecule has 2 unspecified atom stereocenters. The summed E-state index contributed by atoms with van der Waals surface area (Å²) in [4.78, 5) is 14.1. The molecule has 0 spiro atoms. The number of hydrogen-bond acceptors (Lipinski definition) is 3. The van der Waals surface area contributed by atoms with E-state index in [1.807, 2.05) is 25.7 Å². The van der Waals surface area contributed by atoms with Crippen molar-refractivity contribution in [2.45, 2.75) is 64.6 Å². The summed E-state index contributed by atoms with van der Waals surface area (Å²) in [6, 6.07) is 0.619. The van der Waals surface area contributed by atoms with Crippen LogP contribution in [0.5, 0.6) is 0 Å². The van der Waals surface area contributed by atoms with Crippen molar-refractivity contribution in [2.24, 2.45) is 0 Å². The first-order chi connectivity index (χ1) is 9.19. The van der Waals surface area contributed by atoms with Gasteiger partial charge in [0.2, 0.25) is 0 Å². The van der Waals surface area contributed by atoms with Crippen molar-refractivity contribution in [3.8, 4) is 0 Å². The summed E-state index contributed by atoms with van der Waals surface area (Å²) in [7, 11) is 0. The minimum atomic E-state index is -0.429. The maximum absolute atomic E-state index is 12.2. The van der Waals surface area contributed by atoms with Crippen LogP contribution in [-0.4, -0.2) is 41.8 Å². The second-order valence-electron chi connectivity index (χ2n) is 6.50. The summed E-state index contributed by atoms with van der Waals surface area (Å²) in [5.41, 5.74) is -0.429. The molecule has 20 heavy (non-hydrogen) atoms. The van der Waals surface area contributed by atoms with Crippen molar-refractivity contribution >= 4 is 22.0 Å². The molecule has 1 amide bonds. The lowest BCUT2D eigenvalue weighted by atomic mass is 10.1. The highest BCUT2D eigenvalue weighted by molar-refractivity contribution is 9.11. The third-order valence-electron chi connectivity index (χ3n) is 3.27. The van der Waals surface area contributed by atoms with Crippen molar-refractivity contribution in [1.82, 2.24) is 10.2 Å². The van der Waals surface area contributed by atoms with Gasteiger partial charge in [-0.2, -0.15) is 0 Å². The van der Waals surface area contributed by atoms with Crippen LogP contribution < -0.4 is 5.32 Å². The molecule has 0 aliphatic carbocycles. The van der Waals surface area contributed by atoms with Gasteiger partial charge in [-0.3, -0.25) is 0 Å². The molecule has 1 fully saturated rings. The Labute approximate surface area is 131 Å². The first-order valence-electron chi connectivity index (χ1n) is 7.25. The van der Waals surface area contributed by atoms with E-state index in [0.717, 1.165) is 36.8 Å². The van der Waals surface area contributed by atoms with Crippen LogP contribution in [0.25, 0.3) is 0 Å². The largest absolute Gasteiger partial charge is 0.444 e. The lowest BCUT2D eigenvalue weighted by molar-refractivity contribution is 0.0215. The van der Waals surface area contributed by atoms with Crippen LogP contribution in [0.2, 0.25) is 0 Å². The van der Waals surface area contributed by atoms with E-state index in [2.05, 4.69) is 34.7 Å². The maximum Gasteiger partial charge on any atom is 0.410 e. The lowest BCUT2D eigenvalue weighted by Crippen LogP contribution is -2.42. The highest BCUT2D eigenvalue weighted by Gasteiger charge is 2.32. The normalized spacial score (nSPS) is 20.9. The SMILES string of the molecule is C=C(Br)CNC(C)CC1CCCN1C(=O)OC(C)(C)C. The smallest absolute Gasteiger partial charge is 0.410 e. The van der Waals surface area contributed by atoms with Gasteiger partial charge in [0, 0.05) is 29.7 Å². The third kappa shape index (κ3) is 6.27. The summed E-state index contributed by atoms with van der Waals surface area (Å²) in [5, 5.41) is 3.39. The summed E-state index contributed by atoms with van der Waals surface area (Å²) in [6.07, 6.45) is 2.87. The van der Waals surface area contributed by atoms with Crippen molar-refractivity contribution < 1.29 is 9.53 Å².